The second-order valence-electron chi connectivity index (χ2n) is 9.40. The quantitative estimate of drug-likeness (QED) is 0.0966. The van der Waals surface area contributed by atoms with E-state index in [1.165, 1.54) is 19.1 Å². The van der Waals surface area contributed by atoms with Gasteiger partial charge < -0.3 is 29.7 Å². The molecule has 222 valence electrons. The third kappa shape index (κ3) is 10.7. The summed E-state index contributed by atoms with van der Waals surface area (Å²) in [7, 11) is -4.71. The molecule has 4 atom stereocenters. The van der Waals surface area contributed by atoms with Gasteiger partial charge >= 0.3 is 31.6 Å². The Hall–Kier alpha value is -3.57. The maximum absolute atomic E-state index is 13.0. The largest absolute Gasteiger partial charge is 0.446 e. The normalized spacial score (nSPS) is 17.5. The number of hydrogen-bond donors (Lipinski definition) is 3. The number of esters is 3. The molecule has 1 fully saturated rings. The van der Waals surface area contributed by atoms with Gasteiger partial charge in [-0.25, -0.2) is 19.2 Å². The van der Waals surface area contributed by atoms with Crippen molar-refractivity contribution in [3.05, 3.63) is 71.8 Å². The van der Waals surface area contributed by atoms with Crippen molar-refractivity contribution in [1.29, 1.82) is 0 Å². The summed E-state index contributed by atoms with van der Waals surface area (Å²) in [6.07, 6.45) is -0.468. The Bertz CT molecular complexity index is 1200. The Labute approximate surface area is 238 Å². The summed E-state index contributed by atoms with van der Waals surface area (Å²) >= 11 is 0. The minimum atomic E-state index is -4.71. The van der Waals surface area contributed by atoms with E-state index in [-0.39, 0.29) is 31.6 Å². The molecule has 41 heavy (non-hydrogen) atoms. The van der Waals surface area contributed by atoms with Gasteiger partial charge in [-0.2, -0.15) is 0 Å². The lowest BCUT2D eigenvalue weighted by Crippen LogP contribution is -2.37. The fraction of sp³-hybridized carbons (Fsp3) is 0.429. The number of amides is 1. The van der Waals surface area contributed by atoms with E-state index >= 15 is 0 Å². The van der Waals surface area contributed by atoms with Crippen LogP contribution in [-0.4, -0.2) is 60.0 Å². The summed E-state index contributed by atoms with van der Waals surface area (Å²) in [5.41, 5.74) is 1.00. The Morgan fingerprint density at radius 1 is 1.05 bits per heavy atom. The van der Waals surface area contributed by atoms with E-state index in [1.54, 1.807) is 18.2 Å². The number of alkyl carbamates (subject to hydrolysis) is 1. The Morgan fingerprint density at radius 3 is 2.39 bits per heavy atom. The molecule has 3 rings (SSSR count). The van der Waals surface area contributed by atoms with Gasteiger partial charge in [0, 0.05) is 6.54 Å². The Morgan fingerprint density at radius 2 is 1.73 bits per heavy atom. The van der Waals surface area contributed by atoms with Crippen molar-refractivity contribution in [2.24, 2.45) is 0 Å². The van der Waals surface area contributed by atoms with Crippen molar-refractivity contribution in [3.63, 3.8) is 0 Å². The summed E-state index contributed by atoms with van der Waals surface area (Å²) < 4.78 is 33.4. The zero-order valence-corrected chi connectivity index (χ0v) is 23.6. The van der Waals surface area contributed by atoms with E-state index in [1.807, 2.05) is 30.3 Å². The van der Waals surface area contributed by atoms with Crippen molar-refractivity contribution in [3.8, 4) is 0 Å². The van der Waals surface area contributed by atoms with Crippen LogP contribution in [0.2, 0.25) is 0 Å². The number of benzene rings is 2. The van der Waals surface area contributed by atoms with E-state index in [4.69, 9.17) is 18.7 Å². The average molecular weight is 591 g/mol. The molecule has 1 aliphatic heterocycles. The zero-order chi connectivity index (χ0) is 29.7. The first-order valence-corrected chi connectivity index (χ1v) is 15.0. The molecule has 1 amide bonds. The number of carbonyl (C=O) groups is 4. The van der Waals surface area contributed by atoms with Crippen LogP contribution in [-0.2, 0) is 39.5 Å². The molecule has 0 bridgehead atoms. The van der Waals surface area contributed by atoms with Crippen LogP contribution in [0.5, 0.6) is 0 Å². The molecule has 1 aliphatic rings. The number of rotatable bonds is 14. The number of ether oxygens (including phenoxy) is 3. The van der Waals surface area contributed by atoms with Gasteiger partial charge in [0.1, 0.15) is 12.6 Å². The second-order valence-corrected chi connectivity index (χ2v) is 11.5. The van der Waals surface area contributed by atoms with Crippen LogP contribution in [0.4, 0.5) is 4.79 Å². The van der Waals surface area contributed by atoms with Crippen LogP contribution in [0, 0.1) is 0 Å². The van der Waals surface area contributed by atoms with Gasteiger partial charge in [-0.15, -0.1) is 0 Å². The van der Waals surface area contributed by atoms with Gasteiger partial charge in [0.25, 0.3) is 0 Å². The SMILES string of the molecule is CC(OC(=O)c1ccccc1)P(=O)(O)OC(CCCCNC(=O)OCc1ccccc1)C(=O)OC(=O)[C@@H]1CCCN1. The highest BCUT2D eigenvalue weighted by molar-refractivity contribution is 7.53. The van der Waals surface area contributed by atoms with Crippen LogP contribution in [0.15, 0.2) is 60.7 Å². The van der Waals surface area contributed by atoms with E-state index in [2.05, 4.69) is 10.6 Å². The molecule has 0 aromatic heterocycles. The Kier molecular flexibility index (Phi) is 12.5. The first kappa shape index (κ1) is 32.0. The summed E-state index contributed by atoms with van der Waals surface area (Å²) in [4.78, 5) is 60.0. The molecule has 2 aromatic rings. The van der Waals surface area contributed by atoms with E-state index < -0.39 is 49.6 Å². The maximum Gasteiger partial charge on any atom is 0.407 e. The van der Waals surface area contributed by atoms with Crippen LogP contribution in [0.1, 0.15) is 54.9 Å². The first-order chi connectivity index (χ1) is 19.7. The van der Waals surface area contributed by atoms with E-state index in [9.17, 15) is 28.6 Å². The highest BCUT2D eigenvalue weighted by atomic mass is 31.2. The third-order valence-corrected chi connectivity index (χ3v) is 7.79. The molecular formula is C28H35N2O10P. The van der Waals surface area contributed by atoms with Gasteiger partial charge in [-0.3, -0.25) is 9.09 Å². The summed E-state index contributed by atoms with van der Waals surface area (Å²) in [6.45, 7) is 2.08. The van der Waals surface area contributed by atoms with Crippen molar-refractivity contribution in [2.45, 2.75) is 63.6 Å². The van der Waals surface area contributed by atoms with E-state index in [0.717, 1.165) is 12.0 Å². The molecule has 12 nitrogen and oxygen atoms in total. The smallest absolute Gasteiger partial charge is 0.407 e. The van der Waals surface area contributed by atoms with Crippen molar-refractivity contribution < 1.29 is 47.4 Å². The molecule has 0 aliphatic carbocycles. The van der Waals surface area contributed by atoms with Gasteiger partial charge in [0.2, 0.25) is 0 Å². The average Bonchev–Trinajstić information content (AvgIpc) is 3.51. The minimum absolute atomic E-state index is 0.102. The fourth-order valence-electron chi connectivity index (χ4n) is 3.89. The molecule has 1 heterocycles. The molecule has 1 saturated heterocycles. The molecular weight excluding hydrogens is 555 g/mol. The molecule has 0 spiro atoms. The number of unbranched alkanes of at least 4 members (excludes halogenated alkanes) is 1. The Balaban J connectivity index is 1.53. The molecule has 13 heteroatoms. The van der Waals surface area contributed by atoms with Crippen LogP contribution in [0.25, 0.3) is 0 Å². The van der Waals surface area contributed by atoms with Crippen molar-refractivity contribution in [2.75, 3.05) is 13.1 Å². The standard InChI is InChI=1S/C28H35N2O10P/c1-20(38-25(31)22-13-6-3-7-14-22)41(35,36)40-24(27(33)39-26(32)23-15-10-18-29-23)16-8-9-17-30-28(34)37-19-21-11-4-2-5-12-21/h2-7,11-14,20,23-24,29H,8-10,15-19H2,1H3,(H,30,34)(H,35,36)/t20?,23-,24?/m0/s1. The number of hydrogen-bond acceptors (Lipinski definition) is 10. The molecule has 0 radical (unpaired) electrons. The maximum atomic E-state index is 13.0. The third-order valence-electron chi connectivity index (χ3n) is 6.21. The lowest BCUT2D eigenvalue weighted by molar-refractivity contribution is -0.166. The van der Waals surface area contributed by atoms with Gasteiger partial charge in [0.15, 0.2) is 11.9 Å². The van der Waals surface area contributed by atoms with Gasteiger partial charge in [-0.05, 0) is 63.3 Å². The molecule has 0 saturated carbocycles. The lowest BCUT2D eigenvalue weighted by Gasteiger charge is -2.24. The monoisotopic (exact) mass is 590 g/mol. The molecule has 2 aromatic carbocycles. The topological polar surface area (TPSA) is 167 Å². The predicted molar refractivity (Wildman–Crippen MR) is 147 cm³/mol. The molecule has 3 unspecified atom stereocenters. The summed E-state index contributed by atoms with van der Waals surface area (Å²) in [5, 5.41) is 5.50. The van der Waals surface area contributed by atoms with Crippen LogP contribution in [0.3, 0.4) is 0 Å². The minimum Gasteiger partial charge on any atom is -0.446 e. The van der Waals surface area contributed by atoms with Crippen molar-refractivity contribution in [1.82, 2.24) is 10.6 Å². The van der Waals surface area contributed by atoms with Crippen LogP contribution < -0.4 is 10.6 Å². The summed E-state index contributed by atoms with van der Waals surface area (Å²) in [5.74, 6) is -4.39. The van der Waals surface area contributed by atoms with Gasteiger partial charge in [-0.1, -0.05) is 48.5 Å². The summed E-state index contributed by atoms with van der Waals surface area (Å²) in [6, 6.07) is 16.4. The lowest BCUT2D eigenvalue weighted by atomic mass is 10.1. The van der Waals surface area contributed by atoms with Gasteiger partial charge in [0.05, 0.1) is 5.56 Å². The first-order valence-electron chi connectivity index (χ1n) is 13.4. The van der Waals surface area contributed by atoms with Crippen LogP contribution >= 0.6 is 7.60 Å². The van der Waals surface area contributed by atoms with E-state index in [0.29, 0.717) is 19.4 Å². The second kappa shape index (κ2) is 16.0. The highest BCUT2D eigenvalue weighted by Crippen LogP contribution is 2.50. The van der Waals surface area contributed by atoms with Crippen molar-refractivity contribution >= 4 is 31.6 Å². The number of nitrogens with one attached hydrogen (secondary N) is 2. The highest BCUT2D eigenvalue weighted by Gasteiger charge is 2.39. The fourth-order valence-corrected chi connectivity index (χ4v) is 4.84. The zero-order valence-electron chi connectivity index (χ0n) is 22.7. The predicted octanol–water partition coefficient (Wildman–Crippen LogP) is 3.68. The molecule has 3 N–H and O–H groups in total. The number of carbonyl (C=O) groups excluding carboxylic acids is 4.